The average molecular weight is 329 g/mol. The van der Waals surface area contributed by atoms with Gasteiger partial charge in [-0.3, -0.25) is 0 Å². The minimum atomic E-state index is -3.92. The van der Waals surface area contributed by atoms with Gasteiger partial charge in [0.1, 0.15) is 22.0 Å². The standard InChI is InChI=1S/C13H15NO5S2/c1-8-11(13(15)16)12(9(2)19-8)21(17,18)14-5-3-10-4-6-20-7-10/h4,6-7,14H,3,5H2,1-2H3,(H,15,16). The van der Waals surface area contributed by atoms with Gasteiger partial charge >= 0.3 is 5.97 Å². The Morgan fingerprint density at radius 2 is 2.10 bits per heavy atom. The number of aryl methyl sites for hydroxylation is 2. The minimum absolute atomic E-state index is 0.0768. The molecule has 0 bridgehead atoms. The number of thiophene rings is 1. The van der Waals surface area contributed by atoms with Crippen LogP contribution >= 0.6 is 11.3 Å². The number of sulfonamides is 1. The highest BCUT2D eigenvalue weighted by Gasteiger charge is 2.30. The maximum atomic E-state index is 12.3. The third kappa shape index (κ3) is 3.34. The quantitative estimate of drug-likeness (QED) is 0.846. The zero-order valence-corrected chi connectivity index (χ0v) is 13.2. The second-order valence-electron chi connectivity index (χ2n) is 4.50. The Hall–Kier alpha value is -1.64. The third-order valence-corrected chi connectivity index (χ3v) is 5.32. The smallest absolute Gasteiger partial charge is 0.340 e. The Labute approximate surface area is 126 Å². The van der Waals surface area contributed by atoms with Crippen LogP contribution in [0.2, 0.25) is 0 Å². The fourth-order valence-corrected chi connectivity index (χ4v) is 4.21. The maximum absolute atomic E-state index is 12.3. The van der Waals surface area contributed by atoms with Gasteiger partial charge in [-0.1, -0.05) is 0 Å². The van der Waals surface area contributed by atoms with E-state index in [-0.39, 0.29) is 28.5 Å². The predicted molar refractivity (Wildman–Crippen MR) is 78.4 cm³/mol. The number of hydrogen-bond acceptors (Lipinski definition) is 5. The number of hydrogen-bond donors (Lipinski definition) is 2. The Bertz CT molecular complexity index is 744. The van der Waals surface area contributed by atoms with E-state index in [1.807, 2.05) is 16.8 Å². The molecule has 6 nitrogen and oxygen atoms in total. The Kier molecular flexibility index (Phi) is 4.50. The van der Waals surface area contributed by atoms with Crippen LogP contribution in [0.3, 0.4) is 0 Å². The molecule has 2 aromatic rings. The molecule has 0 radical (unpaired) electrons. The van der Waals surface area contributed by atoms with Crippen LogP contribution in [0, 0.1) is 13.8 Å². The van der Waals surface area contributed by atoms with Crippen molar-refractivity contribution in [2.24, 2.45) is 0 Å². The highest BCUT2D eigenvalue weighted by molar-refractivity contribution is 7.89. The van der Waals surface area contributed by atoms with Crippen LogP contribution in [-0.4, -0.2) is 26.0 Å². The van der Waals surface area contributed by atoms with Crippen molar-refractivity contribution in [3.8, 4) is 0 Å². The van der Waals surface area contributed by atoms with E-state index in [1.165, 1.54) is 25.2 Å². The van der Waals surface area contributed by atoms with Crippen LogP contribution in [0.15, 0.2) is 26.1 Å². The lowest BCUT2D eigenvalue weighted by atomic mass is 10.2. The molecule has 114 valence electrons. The van der Waals surface area contributed by atoms with Gasteiger partial charge in [0.15, 0.2) is 0 Å². The van der Waals surface area contributed by atoms with E-state index >= 15 is 0 Å². The molecule has 2 heterocycles. The van der Waals surface area contributed by atoms with Gasteiger partial charge in [-0.2, -0.15) is 11.3 Å². The summed E-state index contributed by atoms with van der Waals surface area (Å²) in [5.74, 6) is -1.16. The summed E-state index contributed by atoms with van der Waals surface area (Å²) in [5, 5.41) is 13.0. The molecule has 0 aliphatic carbocycles. The SMILES string of the molecule is Cc1oc(C)c(S(=O)(=O)NCCc2ccsc2)c1C(=O)O. The van der Waals surface area contributed by atoms with Gasteiger partial charge < -0.3 is 9.52 Å². The number of rotatable bonds is 6. The van der Waals surface area contributed by atoms with Crippen LogP contribution in [-0.2, 0) is 16.4 Å². The van der Waals surface area contributed by atoms with E-state index < -0.39 is 16.0 Å². The van der Waals surface area contributed by atoms with Crippen molar-refractivity contribution in [2.75, 3.05) is 6.54 Å². The lowest BCUT2D eigenvalue weighted by Gasteiger charge is -2.06. The summed E-state index contributed by atoms with van der Waals surface area (Å²) in [6.07, 6.45) is 0.543. The number of nitrogens with one attached hydrogen (secondary N) is 1. The van der Waals surface area contributed by atoms with E-state index in [0.717, 1.165) is 5.56 Å². The van der Waals surface area contributed by atoms with Gasteiger partial charge in [0.25, 0.3) is 0 Å². The normalized spacial score (nSPS) is 11.7. The van der Waals surface area contributed by atoms with Crippen molar-refractivity contribution >= 4 is 27.3 Å². The van der Waals surface area contributed by atoms with Crippen molar-refractivity contribution < 1.29 is 22.7 Å². The highest BCUT2D eigenvalue weighted by Crippen LogP contribution is 2.26. The number of aromatic carboxylic acids is 1. The molecule has 0 unspecified atom stereocenters. The van der Waals surface area contributed by atoms with Crippen molar-refractivity contribution in [3.63, 3.8) is 0 Å². The molecule has 0 saturated carbocycles. The largest absolute Gasteiger partial charge is 0.478 e. The minimum Gasteiger partial charge on any atom is -0.478 e. The van der Waals surface area contributed by atoms with E-state index in [4.69, 9.17) is 9.52 Å². The first-order chi connectivity index (χ1) is 9.83. The van der Waals surface area contributed by atoms with E-state index in [9.17, 15) is 13.2 Å². The first-order valence-corrected chi connectivity index (χ1v) is 8.59. The van der Waals surface area contributed by atoms with Gasteiger partial charge in [-0.25, -0.2) is 17.9 Å². The zero-order valence-electron chi connectivity index (χ0n) is 11.5. The van der Waals surface area contributed by atoms with E-state index in [0.29, 0.717) is 6.42 Å². The van der Waals surface area contributed by atoms with Crippen molar-refractivity contribution in [3.05, 3.63) is 39.5 Å². The molecule has 21 heavy (non-hydrogen) atoms. The van der Waals surface area contributed by atoms with Crippen LogP contribution in [0.1, 0.15) is 27.4 Å². The molecule has 0 aliphatic rings. The maximum Gasteiger partial charge on any atom is 0.340 e. The molecule has 0 aliphatic heterocycles. The van der Waals surface area contributed by atoms with Gasteiger partial charge in [0, 0.05) is 6.54 Å². The Morgan fingerprint density at radius 3 is 2.67 bits per heavy atom. The van der Waals surface area contributed by atoms with Crippen LogP contribution in [0.25, 0.3) is 0 Å². The number of carboxylic acids is 1. The molecule has 0 fully saturated rings. The van der Waals surface area contributed by atoms with E-state index in [1.54, 1.807) is 0 Å². The summed E-state index contributed by atoms with van der Waals surface area (Å²) in [6.45, 7) is 3.06. The zero-order chi connectivity index (χ0) is 15.6. The molecule has 8 heteroatoms. The lowest BCUT2D eigenvalue weighted by molar-refractivity contribution is 0.0691. The second kappa shape index (κ2) is 6.00. The fourth-order valence-electron chi connectivity index (χ4n) is 2.07. The summed E-state index contributed by atoms with van der Waals surface area (Å²) >= 11 is 1.54. The van der Waals surface area contributed by atoms with Crippen LogP contribution in [0.5, 0.6) is 0 Å². The summed E-state index contributed by atoms with van der Waals surface area (Å²) in [6, 6.07) is 1.91. The van der Waals surface area contributed by atoms with Crippen molar-refractivity contribution in [1.82, 2.24) is 4.72 Å². The molecule has 2 aromatic heterocycles. The van der Waals surface area contributed by atoms with Crippen LogP contribution < -0.4 is 4.72 Å². The van der Waals surface area contributed by atoms with Crippen LogP contribution in [0.4, 0.5) is 0 Å². The molecule has 0 atom stereocenters. The highest BCUT2D eigenvalue weighted by atomic mass is 32.2. The Balaban J connectivity index is 2.21. The molecular weight excluding hydrogens is 314 g/mol. The first-order valence-electron chi connectivity index (χ1n) is 6.17. The molecule has 0 saturated heterocycles. The van der Waals surface area contributed by atoms with Crippen molar-refractivity contribution in [2.45, 2.75) is 25.2 Å². The number of carboxylic acid groups (broad SMARTS) is 1. The predicted octanol–water partition coefficient (Wildman–Crippen LogP) is 2.18. The fraction of sp³-hybridized carbons (Fsp3) is 0.308. The van der Waals surface area contributed by atoms with E-state index in [2.05, 4.69) is 4.72 Å². The summed E-state index contributed by atoms with van der Waals surface area (Å²) in [5.41, 5.74) is 0.719. The Morgan fingerprint density at radius 1 is 1.38 bits per heavy atom. The molecular formula is C13H15NO5S2. The van der Waals surface area contributed by atoms with Crippen molar-refractivity contribution in [1.29, 1.82) is 0 Å². The number of carbonyl (C=O) groups is 1. The van der Waals surface area contributed by atoms with Gasteiger partial charge in [0.05, 0.1) is 0 Å². The summed E-state index contributed by atoms with van der Waals surface area (Å²) in [7, 11) is -3.92. The summed E-state index contributed by atoms with van der Waals surface area (Å²) < 4.78 is 32.1. The third-order valence-electron chi connectivity index (χ3n) is 2.97. The molecule has 0 amide bonds. The van der Waals surface area contributed by atoms with Gasteiger partial charge in [0.2, 0.25) is 10.0 Å². The number of furan rings is 1. The summed E-state index contributed by atoms with van der Waals surface area (Å²) in [4.78, 5) is 10.9. The van der Waals surface area contributed by atoms with Gasteiger partial charge in [-0.15, -0.1) is 0 Å². The molecule has 2 rings (SSSR count). The molecule has 0 aromatic carbocycles. The topological polar surface area (TPSA) is 96.6 Å². The second-order valence-corrected chi connectivity index (χ2v) is 6.99. The monoisotopic (exact) mass is 329 g/mol. The molecule has 0 spiro atoms. The lowest BCUT2D eigenvalue weighted by Crippen LogP contribution is -2.27. The first kappa shape index (κ1) is 15.7. The average Bonchev–Trinajstić information content (AvgIpc) is 2.96. The van der Waals surface area contributed by atoms with Gasteiger partial charge in [-0.05, 0) is 42.7 Å². The molecule has 2 N–H and O–H groups in total.